The van der Waals surface area contributed by atoms with Crippen LogP contribution in [0.3, 0.4) is 0 Å². The number of alkyl halides is 3. The smallest absolute Gasteiger partial charge is 0.423 e. The van der Waals surface area contributed by atoms with Gasteiger partial charge in [0.25, 0.3) is 0 Å². The topological polar surface area (TPSA) is 26.3 Å². The Kier molecular flexibility index (Phi) is 7.25. The number of carbonyl (C=O) groups is 1. The van der Waals surface area contributed by atoms with Crippen LogP contribution < -0.4 is 4.74 Å². The van der Waals surface area contributed by atoms with E-state index < -0.39 is 29.3 Å². The van der Waals surface area contributed by atoms with E-state index in [0.29, 0.717) is 5.56 Å². The third kappa shape index (κ3) is 5.83. The van der Waals surface area contributed by atoms with Crippen LogP contribution in [0.25, 0.3) is 21.5 Å². The molecule has 7 heteroatoms. The molecular weight excluding hydrogens is 475 g/mol. The lowest BCUT2D eigenvalue weighted by Crippen LogP contribution is -2.08. The van der Waals surface area contributed by atoms with E-state index in [1.807, 2.05) is 18.2 Å². The lowest BCUT2D eigenvalue weighted by Gasteiger charge is -2.09. The van der Waals surface area contributed by atoms with E-state index in [-0.39, 0.29) is 16.5 Å². The van der Waals surface area contributed by atoms with Crippen molar-refractivity contribution >= 4 is 27.5 Å². The summed E-state index contributed by atoms with van der Waals surface area (Å²) in [5.41, 5.74) is 0.556. The number of rotatable bonds is 6. The van der Waals surface area contributed by atoms with Gasteiger partial charge in [0.15, 0.2) is 0 Å². The standard InChI is InChI=1S/C29H21F5O2/c1-2-3-4-5-18-6-7-20-15-21(9-8-19(20)14-18)28(35)36-23-10-11-24-22(16-23)17-26(30)25(27(24)31)12-13-29(32,33)34/h6-11,14-17H,2-5H2,1H3. The Morgan fingerprint density at radius 2 is 1.64 bits per heavy atom. The van der Waals surface area contributed by atoms with E-state index in [9.17, 15) is 26.7 Å². The molecule has 0 radical (unpaired) electrons. The van der Waals surface area contributed by atoms with Gasteiger partial charge in [0.2, 0.25) is 0 Å². The summed E-state index contributed by atoms with van der Waals surface area (Å²) >= 11 is 0. The second kappa shape index (κ2) is 10.4. The van der Waals surface area contributed by atoms with Crippen LogP contribution in [0.2, 0.25) is 0 Å². The average molecular weight is 496 g/mol. The van der Waals surface area contributed by atoms with Crippen molar-refractivity contribution in [3.63, 3.8) is 0 Å². The fourth-order valence-corrected chi connectivity index (χ4v) is 3.94. The van der Waals surface area contributed by atoms with E-state index in [2.05, 4.69) is 13.0 Å². The summed E-state index contributed by atoms with van der Waals surface area (Å²) in [6.07, 6.45) is -0.449. The van der Waals surface area contributed by atoms with Crippen LogP contribution in [0.1, 0.15) is 47.7 Å². The maximum absolute atomic E-state index is 14.6. The van der Waals surface area contributed by atoms with Gasteiger partial charge in [-0.2, -0.15) is 13.2 Å². The number of hydrogen-bond acceptors (Lipinski definition) is 2. The third-order valence-electron chi connectivity index (χ3n) is 5.75. The van der Waals surface area contributed by atoms with Crippen LogP contribution in [-0.2, 0) is 6.42 Å². The number of benzene rings is 4. The van der Waals surface area contributed by atoms with Gasteiger partial charge in [-0.05, 0) is 71.0 Å². The Bertz CT molecular complexity index is 1510. The molecule has 0 N–H and O–H groups in total. The number of ether oxygens (including phenoxy) is 1. The van der Waals surface area contributed by atoms with Gasteiger partial charge in [0.05, 0.1) is 11.1 Å². The van der Waals surface area contributed by atoms with E-state index in [1.165, 1.54) is 36.1 Å². The van der Waals surface area contributed by atoms with Crippen molar-refractivity contribution in [1.29, 1.82) is 0 Å². The maximum atomic E-state index is 14.6. The van der Waals surface area contributed by atoms with Crippen molar-refractivity contribution in [3.05, 3.63) is 89.0 Å². The normalized spacial score (nSPS) is 11.4. The zero-order valence-corrected chi connectivity index (χ0v) is 19.3. The number of esters is 1. The van der Waals surface area contributed by atoms with Crippen molar-refractivity contribution in [3.8, 4) is 17.6 Å². The molecule has 0 aromatic heterocycles. The van der Waals surface area contributed by atoms with Gasteiger partial charge in [0, 0.05) is 11.3 Å². The summed E-state index contributed by atoms with van der Waals surface area (Å²) < 4.78 is 71.2. The second-order valence-electron chi connectivity index (χ2n) is 8.42. The zero-order valence-electron chi connectivity index (χ0n) is 19.3. The Morgan fingerprint density at radius 1 is 0.889 bits per heavy atom. The highest BCUT2D eigenvalue weighted by molar-refractivity contribution is 5.97. The summed E-state index contributed by atoms with van der Waals surface area (Å²) in [7, 11) is 0. The largest absolute Gasteiger partial charge is 0.458 e. The zero-order chi connectivity index (χ0) is 25.9. The van der Waals surface area contributed by atoms with E-state index in [4.69, 9.17) is 4.74 Å². The Morgan fingerprint density at radius 3 is 2.39 bits per heavy atom. The van der Waals surface area contributed by atoms with Gasteiger partial charge < -0.3 is 4.74 Å². The quantitative estimate of drug-likeness (QED) is 0.0886. The van der Waals surface area contributed by atoms with Crippen molar-refractivity contribution in [1.82, 2.24) is 0 Å². The summed E-state index contributed by atoms with van der Waals surface area (Å²) in [5, 5.41) is 1.74. The Hall–Kier alpha value is -3.92. The highest BCUT2D eigenvalue weighted by atomic mass is 19.4. The molecule has 0 heterocycles. The van der Waals surface area contributed by atoms with Crippen LogP contribution in [0, 0.1) is 23.5 Å². The van der Waals surface area contributed by atoms with Crippen LogP contribution in [-0.4, -0.2) is 12.1 Å². The molecule has 0 atom stereocenters. The van der Waals surface area contributed by atoms with Gasteiger partial charge in [-0.15, -0.1) is 0 Å². The predicted octanol–water partition coefficient (Wildman–Crippen LogP) is 8.14. The first kappa shape index (κ1) is 25.2. The molecule has 0 saturated carbocycles. The van der Waals surface area contributed by atoms with Gasteiger partial charge in [-0.3, -0.25) is 0 Å². The Balaban J connectivity index is 1.55. The first-order chi connectivity index (χ1) is 17.1. The van der Waals surface area contributed by atoms with E-state index in [1.54, 1.807) is 12.1 Å². The molecule has 4 aromatic carbocycles. The van der Waals surface area contributed by atoms with Crippen LogP contribution in [0.15, 0.2) is 60.7 Å². The van der Waals surface area contributed by atoms with E-state index in [0.717, 1.165) is 42.0 Å². The number of fused-ring (bicyclic) bond motifs is 2. The summed E-state index contributed by atoms with van der Waals surface area (Å²) in [4.78, 5) is 12.7. The van der Waals surface area contributed by atoms with Crippen LogP contribution in [0.4, 0.5) is 22.0 Å². The molecule has 184 valence electrons. The fourth-order valence-electron chi connectivity index (χ4n) is 3.94. The number of carbonyl (C=O) groups excluding carboxylic acids is 1. The Labute approximate surface area is 204 Å². The second-order valence-corrected chi connectivity index (χ2v) is 8.42. The molecule has 36 heavy (non-hydrogen) atoms. The lowest BCUT2D eigenvalue weighted by atomic mass is 10.0. The van der Waals surface area contributed by atoms with Gasteiger partial charge >= 0.3 is 12.1 Å². The molecular formula is C29H21F5O2. The first-order valence-corrected chi connectivity index (χ1v) is 11.4. The summed E-state index contributed by atoms with van der Waals surface area (Å²) in [6.45, 7) is 2.16. The molecule has 0 bridgehead atoms. The summed E-state index contributed by atoms with van der Waals surface area (Å²) in [6, 6.07) is 15.9. The molecule has 0 fully saturated rings. The number of unbranched alkanes of at least 4 members (excludes halogenated alkanes) is 2. The van der Waals surface area contributed by atoms with Crippen molar-refractivity contribution in [2.24, 2.45) is 0 Å². The number of hydrogen-bond donors (Lipinski definition) is 0. The highest BCUT2D eigenvalue weighted by Crippen LogP contribution is 2.28. The molecule has 0 saturated heterocycles. The molecule has 2 nitrogen and oxygen atoms in total. The molecule has 0 aliphatic carbocycles. The van der Waals surface area contributed by atoms with Gasteiger partial charge in [-0.25, -0.2) is 13.6 Å². The van der Waals surface area contributed by atoms with Gasteiger partial charge in [-0.1, -0.05) is 50.0 Å². The molecule has 0 unspecified atom stereocenters. The summed E-state index contributed by atoms with van der Waals surface area (Å²) in [5.74, 6) is -0.718. The number of aryl methyl sites for hydroxylation is 1. The molecule has 4 rings (SSSR count). The van der Waals surface area contributed by atoms with Crippen molar-refractivity contribution in [2.45, 2.75) is 38.8 Å². The highest BCUT2D eigenvalue weighted by Gasteiger charge is 2.24. The van der Waals surface area contributed by atoms with E-state index >= 15 is 0 Å². The molecule has 0 spiro atoms. The SMILES string of the molecule is CCCCCc1ccc2cc(C(=O)Oc3ccc4c(F)c(C#CC(F)(F)F)c(F)cc4c3)ccc2c1. The first-order valence-electron chi connectivity index (χ1n) is 11.4. The molecule has 0 aliphatic heterocycles. The monoisotopic (exact) mass is 496 g/mol. The van der Waals surface area contributed by atoms with Crippen molar-refractivity contribution in [2.75, 3.05) is 0 Å². The average Bonchev–Trinajstić information content (AvgIpc) is 2.83. The minimum absolute atomic E-state index is 0.0157. The minimum Gasteiger partial charge on any atom is -0.423 e. The predicted molar refractivity (Wildman–Crippen MR) is 129 cm³/mol. The third-order valence-corrected chi connectivity index (χ3v) is 5.75. The fraction of sp³-hybridized carbons (Fsp3) is 0.207. The van der Waals surface area contributed by atoms with Crippen LogP contribution >= 0.6 is 0 Å². The van der Waals surface area contributed by atoms with Crippen molar-refractivity contribution < 1.29 is 31.5 Å². The molecule has 0 amide bonds. The maximum Gasteiger partial charge on any atom is 0.458 e. The number of halogens is 5. The molecule has 4 aromatic rings. The lowest BCUT2D eigenvalue weighted by molar-refractivity contribution is -0.0696. The minimum atomic E-state index is -4.88. The molecule has 0 aliphatic rings. The van der Waals surface area contributed by atoms with Gasteiger partial charge in [0.1, 0.15) is 17.4 Å². The van der Waals surface area contributed by atoms with Crippen LogP contribution in [0.5, 0.6) is 5.75 Å².